The van der Waals surface area contributed by atoms with Crippen molar-refractivity contribution < 1.29 is 26.7 Å². The Morgan fingerprint density at radius 1 is 1.14 bits per heavy atom. The van der Waals surface area contributed by atoms with Gasteiger partial charge in [-0.3, -0.25) is 0 Å². The van der Waals surface area contributed by atoms with Gasteiger partial charge in [-0.25, -0.2) is 22.0 Å². The molecule has 0 aromatic heterocycles. The second-order valence-corrected chi connectivity index (χ2v) is 7.40. The minimum Gasteiger partial charge on any atom is -0.459 e. The Bertz CT molecular complexity index is 654. The molecule has 8 heteroatoms. The van der Waals surface area contributed by atoms with Gasteiger partial charge in [0.15, 0.2) is 0 Å². The first kappa shape index (κ1) is 16.2. The summed E-state index contributed by atoms with van der Waals surface area (Å²) in [6.45, 7) is 0. The van der Waals surface area contributed by atoms with E-state index in [1.807, 2.05) is 0 Å². The molecule has 1 aliphatic rings. The zero-order valence-corrected chi connectivity index (χ0v) is 12.5. The highest BCUT2D eigenvalue weighted by Gasteiger charge is 2.25. The molecule has 21 heavy (non-hydrogen) atoms. The number of benzene rings is 1. The number of hydrogen-bond acceptors (Lipinski definition) is 4. The van der Waals surface area contributed by atoms with E-state index < -0.39 is 37.1 Å². The second-order valence-electron chi connectivity index (χ2n) is 4.87. The topological polar surface area (TPSA) is 60.4 Å². The van der Waals surface area contributed by atoms with Crippen LogP contribution in [0.15, 0.2) is 17.0 Å². The quantitative estimate of drug-likeness (QED) is 0.626. The largest absolute Gasteiger partial charge is 0.459 e. The molecule has 1 aromatic carbocycles. The van der Waals surface area contributed by atoms with Crippen LogP contribution in [0, 0.1) is 11.6 Å². The van der Waals surface area contributed by atoms with E-state index in [1.54, 1.807) is 0 Å². The Morgan fingerprint density at radius 2 is 1.76 bits per heavy atom. The van der Waals surface area contributed by atoms with E-state index in [0.29, 0.717) is 25.0 Å². The molecule has 0 radical (unpaired) electrons. The average molecular weight is 339 g/mol. The van der Waals surface area contributed by atoms with Crippen molar-refractivity contribution in [2.75, 3.05) is 0 Å². The molecule has 0 spiro atoms. The first-order valence-electron chi connectivity index (χ1n) is 6.43. The normalized spacial score (nSPS) is 16.7. The predicted molar refractivity (Wildman–Crippen MR) is 71.7 cm³/mol. The highest BCUT2D eigenvalue weighted by Crippen LogP contribution is 2.25. The molecule has 1 fully saturated rings. The van der Waals surface area contributed by atoms with Crippen molar-refractivity contribution in [3.8, 4) is 0 Å². The highest BCUT2D eigenvalue weighted by molar-refractivity contribution is 8.13. The molecule has 0 unspecified atom stereocenters. The molecule has 2 rings (SSSR count). The van der Waals surface area contributed by atoms with Gasteiger partial charge in [0.1, 0.15) is 22.6 Å². The van der Waals surface area contributed by atoms with Gasteiger partial charge >= 0.3 is 5.97 Å². The summed E-state index contributed by atoms with van der Waals surface area (Å²) in [7, 11) is 0.626. The zero-order chi connectivity index (χ0) is 15.6. The number of carbonyl (C=O) groups excluding carboxylic acids is 1. The molecule has 4 nitrogen and oxygen atoms in total. The first-order chi connectivity index (χ1) is 9.79. The van der Waals surface area contributed by atoms with Crippen LogP contribution in [0.3, 0.4) is 0 Å². The van der Waals surface area contributed by atoms with Gasteiger partial charge < -0.3 is 4.74 Å². The lowest BCUT2D eigenvalue weighted by Crippen LogP contribution is -2.22. The molecule has 0 aliphatic heterocycles. The van der Waals surface area contributed by atoms with Gasteiger partial charge in [-0.15, -0.1) is 0 Å². The molecule has 0 N–H and O–H groups in total. The Kier molecular flexibility index (Phi) is 4.83. The maximum atomic E-state index is 13.6. The van der Waals surface area contributed by atoms with Crippen LogP contribution in [0.1, 0.15) is 42.5 Å². The molecule has 0 heterocycles. The highest BCUT2D eigenvalue weighted by atomic mass is 35.7. The average Bonchev–Trinajstić information content (AvgIpc) is 2.38. The Hall–Kier alpha value is -1.21. The summed E-state index contributed by atoms with van der Waals surface area (Å²) in [5.74, 6) is -3.55. The van der Waals surface area contributed by atoms with Gasteiger partial charge in [-0.1, -0.05) is 6.42 Å². The first-order valence-corrected chi connectivity index (χ1v) is 8.74. The molecule has 0 saturated heterocycles. The lowest BCUT2D eigenvalue weighted by Gasteiger charge is -2.22. The molecule has 1 aromatic rings. The molecule has 1 aliphatic carbocycles. The van der Waals surface area contributed by atoms with Gasteiger partial charge in [0.05, 0.1) is 5.56 Å². The summed E-state index contributed by atoms with van der Waals surface area (Å²) in [6.07, 6.45) is 3.89. The molecular weight excluding hydrogens is 326 g/mol. The van der Waals surface area contributed by atoms with Crippen molar-refractivity contribution in [2.45, 2.75) is 43.1 Å². The van der Waals surface area contributed by atoms with Crippen molar-refractivity contribution in [3.63, 3.8) is 0 Å². The second kappa shape index (κ2) is 6.27. The van der Waals surface area contributed by atoms with Crippen LogP contribution in [0.2, 0.25) is 0 Å². The number of esters is 1. The predicted octanol–water partition coefficient (Wildman–Crippen LogP) is 3.38. The summed E-state index contributed by atoms with van der Waals surface area (Å²) in [6, 6.07) is 0.880. The van der Waals surface area contributed by atoms with Crippen molar-refractivity contribution in [1.29, 1.82) is 0 Å². The summed E-state index contributed by atoms with van der Waals surface area (Å²) in [5.41, 5.74) is -0.638. The van der Waals surface area contributed by atoms with E-state index in [-0.39, 0.29) is 6.10 Å². The van der Waals surface area contributed by atoms with Crippen molar-refractivity contribution in [2.24, 2.45) is 0 Å². The third-order valence-corrected chi connectivity index (χ3v) is 4.67. The van der Waals surface area contributed by atoms with Crippen LogP contribution < -0.4 is 0 Å². The van der Waals surface area contributed by atoms with Gasteiger partial charge in [0.25, 0.3) is 9.05 Å². The molecule has 1 saturated carbocycles. The number of ether oxygens (including phenoxy) is 1. The fraction of sp³-hybridized carbons (Fsp3) is 0.462. The maximum absolute atomic E-state index is 13.6. The van der Waals surface area contributed by atoms with Crippen LogP contribution in [0.25, 0.3) is 0 Å². The molecule has 116 valence electrons. The zero-order valence-electron chi connectivity index (χ0n) is 10.9. The van der Waals surface area contributed by atoms with Gasteiger partial charge in [-0.2, -0.15) is 0 Å². The van der Waals surface area contributed by atoms with E-state index in [0.717, 1.165) is 19.3 Å². The number of carbonyl (C=O) groups is 1. The van der Waals surface area contributed by atoms with Crippen LogP contribution in [0.5, 0.6) is 0 Å². The minimum absolute atomic E-state index is 0.312. The summed E-state index contributed by atoms with van der Waals surface area (Å²) in [5, 5.41) is 0. The third-order valence-electron chi connectivity index (χ3n) is 3.33. The van der Waals surface area contributed by atoms with Crippen molar-refractivity contribution >= 4 is 25.7 Å². The third kappa shape index (κ3) is 3.91. The van der Waals surface area contributed by atoms with Crippen molar-refractivity contribution in [1.82, 2.24) is 0 Å². The van der Waals surface area contributed by atoms with Crippen molar-refractivity contribution in [3.05, 3.63) is 29.3 Å². The monoisotopic (exact) mass is 338 g/mol. The number of halogens is 3. The molecular formula is C13H13ClF2O4S. The summed E-state index contributed by atoms with van der Waals surface area (Å²) in [4.78, 5) is 11.0. The van der Waals surface area contributed by atoms with E-state index in [9.17, 15) is 22.0 Å². The molecule has 0 atom stereocenters. The lowest BCUT2D eigenvalue weighted by atomic mass is 9.98. The van der Waals surface area contributed by atoms with Gasteiger partial charge in [0, 0.05) is 16.7 Å². The van der Waals surface area contributed by atoms with Crippen LogP contribution in [-0.2, 0) is 13.8 Å². The molecule has 0 bridgehead atoms. The van der Waals surface area contributed by atoms with E-state index in [4.69, 9.17) is 15.4 Å². The summed E-state index contributed by atoms with van der Waals surface area (Å²) >= 11 is 0. The van der Waals surface area contributed by atoms with Gasteiger partial charge in [-0.05, 0) is 31.7 Å². The van der Waals surface area contributed by atoms with Crippen LogP contribution >= 0.6 is 10.7 Å². The fourth-order valence-corrected chi connectivity index (χ4v) is 3.18. The minimum atomic E-state index is -4.42. The van der Waals surface area contributed by atoms with Crippen LogP contribution in [0.4, 0.5) is 8.78 Å². The maximum Gasteiger partial charge on any atom is 0.341 e. The Labute approximate surface area is 125 Å². The van der Waals surface area contributed by atoms with E-state index in [1.165, 1.54) is 0 Å². The number of rotatable bonds is 3. The van der Waals surface area contributed by atoms with E-state index >= 15 is 0 Å². The SMILES string of the molecule is O=C(OC1CCCCC1)c1cc(S(=O)(=O)Cl)c(F)cc1F. The van der Waals surface area contributed by atoms with Gasteiger partial charge in [0.2, 0.25) is 0 Å². The smallest absolute Gasteiger partial charge is 0.341 e. The fourth-order valence-electron chi connectivity index (χ4n) is 2.27. The Balaban J connectivity index is 2.28. The summed E-state index contributed by atoms with van der Waals surface area (Å²) < 4.78 is 54.5. The Morgan fingerprint density at radius 3 is 2.33 bits per heavy atom. The molecule has 0 amide bonds. The standard InChI is InChI=1S/C13H13ClF2O4S/c14-21(18,19)12-6-9(10(15)7-11(12)16)13(17)20-8-4-2-1-3-5-8/h6-8H,1-5H2. The van der Waals surface area contributed by atoms with E-state index in [2.05, 4.69) is 0 Å². The number of hydrogen-bond donors (Lipinski definition) is 0. The van der Waals surface area contributed by atoms with Crippen LogP contribution in [-0.4, -0.2) is 20.5 Å². The lowest BCUT2D eigenvalue weighted by molar-refractivity contribution is 0.0205.